The lowest BCUT2D eigenvalue weighted by Gasteiger charge is -2.10. The summed E-state index contributed by atoms with van der Waals surface area (Å²) in [6.45, 7) is 3.30. The van der Waals surface area contributed by atoms with E-state index in [2.05, 4.69) is 11.3 Å². The number of halogens is 2. The Morgan fingerprint density at radius 2 is 1.94 bits per heavy atom. The van der Waals surface area contributed by atoms with Crippen molar-refractivity contribution in [3.63, 3.8) is 0 Å². The highest BCUT2D eigenvalue weighted by Crippen LogP contribution is 2.08. The van der Waals surface area contributed by atoms with Gasteiger partial charge >= 0.3 is 0 Å². The molecule has 0 amide bonds. The van der Waals surface area contributed by atoms with E-state index in [1.54, 1.807) is 0 Å². The summed E-state index contributed by atoms with van der Waals surface area (Å²) in [7, 11) is 0. The number of aliphatic hydroxyl groups is 1. The lowest BCUT2D eigenvalue weighted by Crippen LogP contribution is -2.13. The van der Waals surface area contributed by atoms with E-state index in [4.69, 9.17) is 0 Å². The van der Waals surface area contributed by atoms with Gasteiger partial charge in [-0.25, -0.2) is 8.78 Å². The van der Waals surface area contributed by atoms with E-state index in [1.165, 1.54) is 0 Å². The quantitative estimate of drug-likeness (QED) is 0.441. The van der Waals surface area contributed by atoms with Crippen LogP contribution < -0.4 is 0 Å². The zero-order valence-electron chi connectivity index (χ0n) is 9.71. The van der Waals surface area contributed by atoms with Gasteiger partial charge in [0, 0.05) is 6.61 Å². The predicted octanol–water partition coefficient (Wildman–Crippen LogP) is 3.16. The van der Waals surface area contributed by atoms with E-state index in [0.717, 1.165) is 32.1 Å². The molecule has 0 aromatic rings. The minimum atomic E-state index is -2.42. The van der Waals surface area contributed by atoms with Gasteiger partial charge in [-0.05, 0) is 25.7 Å². The Morgan fingerprint density at radius 1 is 1.19 bits per heavy atom. The topological polar surface area (TPSA) is 29.5 Å². The molecular weight excluding hydrogens is 214 g/mol. The molecule has 0 fully saturated rings. The summed E-state index contributed by atoms with van der Waals surface area (Å²) >= 11 is 0. The Kier molecular flexibility index (Phi) is 10.7. The van der Waals surface area contributed by atoms with Gasteiger partial charge in [-0.1, -0.05) is 18.9 Å². The Morgan fingerprint density at radius 3 is 2.56 bits per heavy atom. The standard InChI is InChI=1S/C12H22F2O2/c1-2-3-4-5-6-7-11(15)8-9-16-10-12(13)14/h2,11-12,15H,1,3-10H2. The van der Waals surface area contributed by atoms with Crippen molar-refractivity contribution in [3.8, 4) is 0 Å². The van der Waals surface area contributed by atoms with Crippen LogP contribution in [0.1, 0.15) is 38.5 Å². The molecule has 2 nitrogen and oxygen atoms in total. The van der Waals surface area contributed by atoms with Crippen molar-refractivity contribution in [1.82, 2.24) is 0 Å². The second-order valence-electron chi connectivity index (χ2n) is 3.84. The van der Waals surface area contributed by atoms with Crippen molar-refractivity contribution in [3.05, 3.63) is 12.7 Å². The van der Waals surface area contributed by atoms with E-state index in [1.807, 2.05) is 6.08 Å². The van der Waals surface area contributed by atoms with E-state index < -0.39 is 19.1 Å². The highest BCUT2D eigenvalue weighted by Gasteiger charge is 2.05. The van der Waals surface area contributed by atoms with Crippen LogP contribution in [0.5, 0.6) is 0 Å². The first-order valence-electron chi connectivity index (χ1n) is 5.81. The van der Waals surface area contributed by atoms with Crippen molar-refractivity contribution in [1.29, 1.82) is 0 Å². The molecule has 4 heteroatoms. The first-order valence-corrected chi connectivity index (χ1v) is 5.81. The summed E-state index contributed by atoms with van der Waals surface area (Å²) in [5.41, 5.74) is 0. The van der Waals surface area contributed by atoms with E-state index in [9.17, 15) is 13.9 Å². The largest absolute Gasteiger partial charge is 0.393 e. The Bertz CT molecular complexity index is 163. The van der Waals surface area contributed by atoms with Gasteiger partial charge in [-0.15, -0.1) is 6.58 Å². The van der Waals surface area contributed by atoms with Gasteiger partial charge in [0.25, 0.3) is 6.43 Å². The van der Waals surface area contributed by atoms with Crippen LogP contribution in [0.25, 0.3) is 0 Å². The van der Waals surface area contributed by atoms with Gasteiger partial charge in [-0.2, -0.15) is 0 Å². The molecule has 1 atom stereocenters. The zero-order valence-corrected chi connectivity index (χ0v) is 9.71. The van der Waals surface area contributed by atoms with Crippen LogP contribution in [0.15, 0.2) is 12.7 Å². The maximum absolute atomic E-state index is 11.7. The van der Waals surface area contributed by atoms with Gasteiger partial charge in [0.15, 0.2) is 0 Å². The minimum absolute atomic E-state index is 0.207. The van der Waals surface area contributed by atoms with Crippen molar-refractivity contribution in [2.75, 3.05) is 13.2 Å². The summed E-state index contributed by atoms with van der Waals surface area (Å²) in [6, 6.07) is 0. The molecule has 0 radical (unpaired) electrons. The first-order chi connectivity index (χ1) is 7.66. The number of rotatable bonds is 11. The molecule has 0 rings (SSSR count). The van der Waals surface area contributed by atoms with Crippen molar-refractivity contribution >= 4 is 0 Å². The van der Waals surface area contributed by atoms with Crippen LogP contribution in [0, 0.1) is 0 Å². The molecule has 0 heterocycles. The van der Waals surface area contributed by atoms with Crippen molar-refractivity contribution < 1.29 is 18.6 Å². The molecule has 96 valence electrons. The van der Waals surface area contributed by atoms with E-state index in [-0.39, 0.29) is 6.61 Å². The van der Waals surface area contributed by atoms with Crippen LogP contribution in [0.2, 0.25) is 0 Å². The highest BCUT2D eigenvalue weighted by molar-refractivity contribution is 4.65. The summed E-state index contributed by atoms with van der Waals surface area (Å²) in [5.74, 6) is 0. The van der Waals surface area contributed by atoms with Crippen LogP contribution in [0.3, 0.4) is 0 Å². The number of aliphatic hydroxyl groups excluding tert-OH is 1. The maximum Gasteiger partial charge on any atom is 0.261 e. The number of hydrogen-bond donors (Lipinski definition) is 1. The molecule has 1 N–H and O–H groups in total. The van der Waals surface area contributed by atoms with Crippen LogP contribution in [-0.4, -0.2) is 30.8 Å². The smallest absolute Gasteiger partial charge is 0.261 e. The Hall–Kier alpha value is -0.480. The number of alkyl halides is 2. The van der Waals surface area contributed by atoms with Crippen molar-refractivity contribution in [2.45, 2.75) is 51.1 Å². The van der Waals surface area contributed by atoms with Crippen LogP contribution in [0.4, 0.5) is 8.78 Å². The fourth-order valence-corrected chi connectivity index (χ4v) is 1.38. The lowest BCUT2D eigenvalue weighted by atomic mass is 10.1. The molecular formula is C12H22F2O2. The van der Waals surface area contributed by atoms with Gasteiger partial charge in [-0.3, -0.25) is 0 Å². The SMILES string of the molecule is C=CCCCCCC(O)CCOCC(F)F. The molecule has 0 bridgehead atoms. The van der Waals surface area contributed by atoms with Gasteiger partial charge in [0.1, 0.15) is 6.61 Å². The van der Waals surface area contributed by atoms with Crippen LogP contribution in [-0.2, 0) is 4.74 Å². The Balaban J connectivity index is 3.17. The lowest BCUT2D eigenvalue weighted by molar-refractivity contribution is 0.00401. The number of allylic oxidation sites excluding steroid dienone is 1. The Labute approximate surface area is 96.3 Å². The second kappa shape index (κ2) is 11.0. The normalized spacial score (nSPS) is 13.0. The molecule has 1 unspecified atom stereocenters. The third kappa shape index (κ3) is 11.6. The third-order valence-electron chi connectivity index (χ3n) is 2.28. The molecule has 0 spiro atoms. The molecule has 0 aromatic heterocycles. The monoisotopic (exact) mass is 236 g/mol. The second-order valence-corrected chi connectivity index (χ2v) is 3.84. The van der Waals surface area contributed by atoms with E-state index in [0.29, 0.717) is 6.42 Å². The maximum atomic E-state index is 11.7. The number of unbranched alkanes of at least 4 members (excludes halogenated alkanes) is 3. The minimum Gasteiger partial charge on any atom is -0.393 e. The number of ether oxygens (including phenoxy) is 1. The van der Waals surface area contributed by atoms with Gasteiger partial charge in [0.2, 0.25) is 0 Å². The molecule has 0 aliphatic carbocycles. The zero-order chi connectivity index (χ0) is 12.2. The number of hydrogen-bond acceptors (Lipinski definition) is 2. The summed E-state index contributed by atoms with van der Waals surface area (Å²) in [4.78, 5) is 0. The van der Waals surface area contributed by atoms with Gasteiger partial charge in [0.05, 0.1) is 6.10 Å². The molecule has 0 saturated heterocycles. The molecule has 16 heavy (non-hydrogen) atoms. The molecule has 0 aliphatic heterocycles. The van der Waals surface area contributed by atoms with E-state index >= 15 is 0 Å². The molecule has 0 saturated carbocycles. The fraction of sp³-hybridized carbons (Fsp3) is 0.833. The predicted molar refractivity (Wildman–Crippen MR) is 60.7 cm³/mol. The third-order valence-corrected chi connectivity index (χ3v) is 2.28. The average molecular weight is 236 g/mol. The fourth-order valence-electron chi connectivity index (χ4n) is 1.38. The average Bonchev–Trinajstić information content (AvgIpc) is 2.24. The summed E-state index contributed by atoms with van der Waals surface area (Å²) in [6.07, 6.45) is 4.33. The summed E-state index contributed by atoms with van der Waals surface area (Å²) in [5, 5.41) is 9.48. The highest BCUT2D eigenvalue weighted by atomic mass is 19.3. The molecule has 0 aromatic carbocycles. The molecule has 0 aliphatic rings. The van der Waals surface area contributed by atoms with Crippen LogP contribution >= 0.6 is 0 Å². The summed E-state index contributed by atoms with van der Waals surface area (Å²) < 4.78 is 28.1. The first kappa shape index (κ1) is 15.5. The van der Waals surface area contributed by atoms with Crippen molar-refractivity contribution in [2.24, 2.45) is 0 Å². The van der Waals surface area contributed by atoms with Gasteiger partial charge < -0.3 is 9.84 Å².